The maximum absolute atomic E-state index is 13.6. The zero-order chi connectivity index (χ0) is 25.3. The van der Waals surface area contributed by atoms with Crippen LogP contribution in [0.15, 0.2) is 51.9 Å². The Bertz CT molecular complexity index is 1370. The fourth-order valence-electron chi connectivity index (χ4n) is 4.89. The smallest absolute Gasteiger partial charge is 0.253 e. The van der Waals surface area contributed by atoms with Gasteiger partial charge in [-0.15, -0.1) is 5.10 Å². The number of pyridine rings is 1. The Labute approximate surface area is 210 Å². The van der Waals surface area contributed by atoms with Gasteiger partial charge in [-0.3, -0.25) is 9.69 Å². The van der Waals surface area contributed by atoms with Gasteiger partial charge in [0.2, 0.25) is 0 Å². The molecule has 36 heavy (non-hydrogen) atoms. The first-order chi connectivity index (χ1) is 17.4. The van der Waals surface area contributed by atoms with Gasteiger partial charge in [-0.05, 0) is 85.7 Å². The van der Waals surface area contributed by atoms with E-state index >= 15 is 0 Å². The molecule has 9 nitrogen and oxygen atoms in total. The molecule has 1 saturated heterocycles. The third kappa shape index (κ3) is 4.85. The lowest BCUT2D eigenvalue weighted by molar-refractivity contribution is 0.0534. The molecule has 1 fully saturated rings. The first-order valence-corrected chi connectivity index (χ1v) is 12.7. The quantitative estimate of drug-likeness (QED) is 0.372. The maximum atomic E-state index is 13.6. The summed E-state index contributed by atoms with van der Waals surface area (Å²) in [5.74, 6) is 1.43. The van der Waals surface area contributed by atoms with Crippen molar-refractivity contribution in [1.29, 1.82) is 0 Å². The highest BCUT2D eigenvalue weighted by Gasteiger charge is 2.36. The van der Waals surface area contributed by atoms with Crippen molar-refractivity contribution < 1.29 is 9.15 Å². The Morgan fingerprint density at radius 3 is 2.86 bits per heavy atom. The average Bonchev–Trinajstić information content (AvgIpc) is 3.63. The summed E-state index contributed by atoms with van der Waals surface area (Å²) in [4.78, 5) is 19.0. The number of hydrogen-bond acceptors (Lipinski definition) is 7. The zero-order valence-corrected chi connectivity index (χ0v) is 21.4. The van der Waals surface area contributed by atoms with Crippen LogP contribution in [0.4, 0.5) is 0 Å². The van der Waals surface area contributed by atoms with Crippen LogP contribution in [-0.4, -0.2) is 49.3 Å². The molecule has 5 rings (SSSR count). The molecule has 4 aromatic rings. The lowest BCUT2D eigenvalue weighted by atomic mass is 9.98. The normalized spacial score (nSPS) is 17.3. The minimum atomic E-state index is -0.505. The Morgan fingerprint density at radius 1 is 1.28 bits per heavy atom. The second-order valence-corrected chi connectivity index (χ2v) is 10.3. The van der Waals surface area contributed by atoms with Crippen molar-refractivity contribution in [3.63, 3.8) is 0 Å². The molecule has 2 atom stereocenters. The summed E-state index contributed by atoms with van der Waals surface area (Å²) < 4.78 is 13.6. The van der Waals surface area contributed by atoms with Gasteiger partial charge < -0.3 is 14.1 Å². The predicted octanol–water partition coefficient (Wildman–Crippen LogP) is 4.33. The van der Waals surface area contributed by atoms with Crippen LogP contribution < -0.4 is 5.56 Å². The molecular formula is C27H34N6O3. The van der Waals surface area contributed by atoms with Gasteiger partial charge in [0.15, 0.2) is 5.82 Å². The van der Waals surface area contributed by atoms with E-state index in [0.717, 1.165) is 48.1 Å². The van der Waals surface area contributed by atoms with Gasteiger partial charge in [0.1, 0.15) is 11.8 Å². The van der Waals surface area contributed by atoms with Crippen molar-refractivity contribution in [3.8, 4) is 0 Å². The number of nitrogens with zero attached hydrogens (tertiary/aromatic N) is 5. The molecule has 9 heteroatoms. The van der Waals surface area contributed by atoms with Gasteiger partial charge in [0, 0.05) is 24.2 Å². The molecule has 1 N–H and O–H groups in total. The van der Waals surface area contributed by atoms with Crippen LogP contribution in [0.2, 0.25) is 0 Å². The molecule has 0 bridgehead atoms. The summed E-state index contributed by atoms with van der Waals surface area (Å²) >= 11 is 0. The van der Waals surface area contributed by atoms with Gasteiger partial charge >= 0.3 is 0 Å². The minimum Gasteiger partial charge on any atom is -0.468 e. The number of fused-ring (bicyclic) bond motifs is 1. The number of ether oxygens (including phenoxy) is 1. The molecule has 0 amide bonds. The van der Waals surface area contributed by atoms with E-state index in [1.165, 1.54) is 0 Å². The first kappa shape index (κ1) is 24.4. The molecule has 190 valence electrons. The van der Waals surface area contributed by atoms with Crippen LogP contribution in [0.1, 0.15) is 68.8 Å². The van der Waals surface area contributed by atoms with E-state index in [-0.39, 0.29) is 17.2 Å². The fourth-order valence-corrected chi connectivity index (χ4v) is 4.89. The summed E-state index contributed by atoms with van der Waals surface area (Å²) in [5, 5.41) is 13.9. The monoisotopic (exact) mass is 490 g/mol. The third-order valence-electron chi connectivity index (χ3n) is 7.27. The first-order valence-electron chi connectivity index (χ1n) is 12.7. The predicted molar refractivity (Wildman–Crippen MR) is 137 cm³/mol. The van der Waals surface area contributed by atoms with E-state index < -0.39 is 6.04 Å². The van der Waals surface area contributed by atoms with Crippen molar-refractivity contribution in [3.05, 3.63) is 75.7 Å². The molecule has 2 unspecified atom stereocenters. The van der Waals surface area contributed by atoms with Crippen LogP contribution in [0.5, 0.6) is 0 Å². The van der Waals surface area contributed by atoms with Gasteiger partial charge in [-0.25, -0.2) is 4.68 Å². The van der Waals surface area contributed by atoms with Crippen molar-refractivity contribution >= 4 is 10.9 Å². The highest BCUT2D eigenvalue weighted by Crippen LogP contribution is 2.33. The number of H-pyrrole nitrogens is 1. The second kappa shape index (κ2) is 9.99. The van der Waals surface area contributed by atoms with E-state index in [4.69, 9.17) is 9.15 Å². The van der Waals surface area contributed by atoms with Gasteiger partial charge in [-0.2, -0.15) is 0 Å². The summed E-state index contributed by atoms with van der Waals surface area (Å²) in [6.07, 6.45) is 4.56. The van der Waals surface area contributed by atoms with Crippen molar-refractivity contribution in [2.24, 2.45) is 0 Å². The average molecular weight is 491 g/mol. The third-order valence-corrected chi connectivity index (χ3v) is 7.27. The van der Waals surface area contributed by atoms with Crippen molar-refractivity contribution in [2.75, 3.05) is 13.2 Å². The van der Waals surface area contributed by atoms with Crippen molar-refractivity contribution in [1.82, 2.24) is 30.1 Å². The highest BCUT2D eigenvalue weighted by atomic mass is 16.5. The highest BCUT2D eigenvalue weighted by molar-refractivity contribution is 5.79. The summed E-state index contributed by atoms with van der Waals surface area (Å²) in [5.41, 5.74) is 2.01. The summed E-state index contributed by atoms with van der Waals surface area (Å²) in [6, 6.07) is 11.4. The number of benzene rings is 1. The van der Waals surface area contributed by atoms with E-state index in [1.807, 2.05) is 41.9 Å². The van der Waals surface area contributed by atoms with Gasteiger partial charge in [0.25, 0.3) is 5.56 Å². The lowest BCUT2D eigenvalue weighted by Gasteiger charge is -2.34. The number of nitrogens with one attached hydrogen (secondary N) is 1. The number of furan rings is 1. The van der Waals surface area contributed by atoms with E-state index in [9.17, 15) is 4.79 Å². The summed E-state index contributed by atoms with van der Waals surface area (Å²) in [7, 11) is 0. The Kier molecular flexibility index (Phi) is 6.77. The number of aromatic amines is 1. The van der Waals surface area contributed by atoms with Crippen LogP contribution in [0, 0.1) is 6.92 Å². The molecule has 0 aliphatic carbocycles. The number of rotatable bonds is 9. The molecule has 3 aromatic heterocycles. The number of tetrazole rings is 1. The number of hydrogen-bond donors (Lipinski definition) is 1. The Balaban J connectivity index is 1.69. The second-order valence-electron chi connectivity index (χ2n) is 10.3. The zero-order valence-electron chi connectivity index (χ0n) is 21.4. The van der Waals surface area contributed by atoms with Crippen LogP contribution >= 0.6 is 0 Å². The SMILES string of the molecule is CCC(C)(C)n1nnnc1C(c1cc2ccc(C)cc2[nH]c1=O)N(Cc1ccco1)CC1CCCO1. The van der Waals surface area contributed by atoms with Gasteiger partial charge in [-0.1, -0.05) is 19.1 Å². The molecule has 1 aliphatic rings. The Morgan fingerprint density at radius 2 is 2.14 bits per heavy atom. The fraction of sp³-hybridized carbons (Fsp3) is 0.481. The largest absolute Gasteiger partial charge is 0.468 e. The molecule has 0 saturated carbocycles. The minimum absolute atomic E-state index is 0.0631. The summed E-state index contributed by atoms with van der Waals surface area (Å²) in [6.45, 7) is 10.2. The molecule has 1 aromatic carbocycles. The van der Waals surface area contributed by atoms with E-state index in [0.29, 0.717) is 24.5 Å². The van der Waals surface area contributed by atoms with E-state index in [2.05, 4.69) is 52.2 Å². The molecule has 1 aliphatic heterocycles. The van der Waals surface area contributed by atoms with Crippen molar-refractivity contribution in [2.45, 2.75) is 71.2 Å². The molecule has 0 radical (unpaired) electrons. The molecule has 4 heterocycles. The standard InChI is InChI=1S/C27H34N6O3/c1-5-27(3,4)33-25(29-30-31-33)24(22-15-19-11-10-18(2)14-23(19)28-26(22)34)32(16-20-8-6-12-35-20)17-21-9-7-13-36-21/h6,8,10-12,14-15,21,24H,5,7,9,13,16-17H2,1-4H3,(H,28,34). The van der Waals surface area contributed by atoms with Crippen LogP contribution in [-0.2, 0) is 16.8 Å². The number of aryl methyl sites for hydroxylation is 1. The lowest BCUT2D eigenvalue weighted by Crippen LogP contribution is -2.41. The van der Waals surface area contributed by atoms with Crippen LogP contribution in [0.3, 0.4) is 0 Å². The van der Waals surface area contributed by atoms with E-state index in [1.54, 1.807) is 6.26 Å². The molecule has 0 spiro atoms. The molecular weight excluding hydrogens is 456 g/mol. The maximum Gasteiger partial charge on any atom is 0.253 e. The van der Waals surface area contributed by atoms with Crippen LogP contribution in [0.25, 0.3) is 10.9 Å². The Hall–Kier alpha value is -3.30. The topological polar surface area (TPSA) is 102 Å². The number of aromatic nitrogens is 5. The van der Waals surface area contributed by atoms with Gasteiger partial charge in [0.05, 0.1) is 24.5 Å².